The lowest BCUT2D eigenvalue weighted by Gasteiger charge is -1.67. The summed E-state index contributed by atoms with van der Waals surface area (Å²) in [4.78, 5) is 8.48. The maximum Gasteiger partial charge on any atom is 0.223 e. The molecule has 0 aromatic heterocycles. The fraction of sp³-hybridized carbons (Fsp3) is 0. The second-order valence-electron chi connectivity index (χ2n) is 0.357. The highest BCUT2D eigenvalue weighted by atomic mass is 32.2. The summed E-state index contributed by atoms with van der Waals surface area (Å²) >= 11 is 0. The summed E-state index contributed by atoms with van der Waals surface area (Å²) in [5.74, 6) is 0. The lowest BCUT2D eigenvalue weighted by molar-refractivity contribution is 0.247. The van der Waals surface area contributed by atoms with Crippen LogP contribution in [0.3, 0.4) is 0 Å². The molecule has 0 aliphatic rings. The molecule has 0 heterocycles. The SMILES string of the molecule is N=O.O=[SH](=O)NO. The van der Waals surface area contributed by atoms with Crippen LogP contribution in [0, 0.1) is 10.5 Å². The molecule has 0 fully saturated rings. The summed E-state index contributed by atoms with van der Waals surface area (Å²) in [6, 6.07) is 0. The third kappa shape index (κ3) is 30.5. The van der Waals surface area contributed by atoms with Gasteiger partial charge in [0, 0.05) is 0 Å². The van der Waals surface area contributed by atoms with E-state index in [1.807, 2.05) is 0 Å². The fourth-order valence-electron chi connectivity index (χ4n) is 0. The van der Waals surface area contributed by atoms with Crippen LogP contribution in [0.5, 0.6) is 0 Å². The Balaban J connectivity index is 0. The first kappa shape index (κ1) is 9.69. The molecule has 6 nitrogen and oxygen atoms in total. The van der Waals surface area contributed by atoms with Crippen molar-refractivity contribution < 1.29 is 13.6 Å². The Hall–Kier alpha value is -0.530. The van der Waals surface area contributed by atoms with Crippen LogP contribution in [-0.2, 0) is 10.9 Å². The fourth-order valence-corrected chi connectivity index (χ4v) is 0. The Bertz CT molecular complexity index is 77.7. The first-order valence-electron chi connectivity index (χ1n) is 1.02. The third-order valence-electron chi connectivity index (χ3n) is 0.0816. The van der Waals surface area contributed by atoms with Crippen molar-refractivity contribution in [1.82, 2.24) is 4.89 Å². The van der Waals surface area contributed by atoms with E-state index in [1.165, 1.54) is 0 Å². The molecule has 0 aliphatic heterocycles. The predicted octanol–water partition coefficient (Wildman–Crippen LogP) is -1.18. The van der Waals surface area contributed by atoms with Gasteiger partial charge in [-0.3, -0.25) is 0 Å². The van der Waals surface area contributed by atoms with Gasteiger partial charge >= 0.3 is 0 Å². The van der Waals surface area contributed by atoms with E-state index in [0.717, 1.165) is 4.89 Å². The minimum atomic E-state index is -2.79. The molecule has 7 heavy (non-hydrogen) atoms. The highest BCUT2D eigenvalue weighted by Gasteiger charge is 1.61. The Morgan fingerprint density at radius 3 is 1.57 bits per heavy atom. The van der Waals surface area contributed by atoms with Crippen molar-refractivity contribution in [2.75, 3.05) is 0 Å². The van der Waals surface area contributed by atoms with Gasteiger partial charge in [-0.25, -0.2) is 8.42 Å². The number of hydrogen-bond donors (Lipinski definition) is 4. The molecule has 0 atom stereocenters. The molecular weight excluding hydrogens is 124 g/mol. The van der Waals surface area contributed by atoms with Crippen molar-refractivity contribution in [3.8, 4) is 0 Å². The third-order valence-corrected chi connectivity index (χ3v) is 0.245. The van der Waals surface area contributed by atoms with E-state index < -0.39 is 10.9 Å². The van der Waals surface area contributed by atoms with Crippen LogP contribution in [0.1, 0.15) is 0 Å². The minimum absolute atomic E-state index is 0.981. The first-order valence-corrected chi connectivity index (χ1v) is 2.19. The summed E-state index contributed by atoms with van der Waals surface area (Å²) in [5, 5.41) is 7.30. The van der Waals surface area contributed by atoms with Crippen molar-refractivity contribution in [2.24, 2.45) is 0 Å². The minimum Gasteiger partial charge on any atom is -0.302 e. The Labute approximate surface area is 41.0 Å². The van der Waals surface area contributed by atoms with Crippen LogP contribution in [0.25, 0.3) is 0 Å². The average Bonchev–Trinajstić information content (AvgIpc) is 1.73. The van der Waals surface area contributed by atoms with Crippen LogP contribution in [0.2, 0.25) is 0 Å². The van der Waals surface area contributed by atoms with Crippen LogP contribution < -0.4 is 4.89 Å². The van der Waals surface area contributed by atoms with Gasteiger partial charge in [-0.05, 0) is 0 Å². The van der Waals surface area contributed by atoms with Gasteiger partial charge in [0.2, 0.25) is 10.9 Å². The molecule has 0 aliphatic carbocycles. The van der Waals surface area contributed by atoms with Gasteiger partial charge in [-0.15, -0.1) is 0 Å². The molecule has 44 valence electrons. The van der Waals surface area contributed by atoms with E-state index in [0.29, 0.717) is 0 Å². The second kappa shape index (κ2) is 9.08. The van der Waals surface area contributed by atoms with E-state index in [-0.39, 0.29) is 0 Å². The first-order chi connectivity index (χ1) is 3.27. The molecule has 0 amide bonds. The van der Waals surface area contributed by atoms with Crippen LogP contribution in [0.15, 0.2) is 0 Å². The molecule has 7 heteroatoms. The van der Waals surface area contributed by atoms with E-state index in [9.17, 15) is 0 Å². The van der Waals surface area contributed by atoms with E-state index in [4.69, 9.17) is 18.5 Å². The van der Waals surface area contributed by atoms with Crippen molar-refractivity contribution in [2.45, 2.75) is 0 Å². The van der Waals surface area contributed by atoms with E-state index in [2.05, 4.69) is 5.59 Å². The molecule has 0 saturated heterocycles. The summed E-state index contributed by atoms with van der Waals surface area (Å²) < 4.78 is 18.1. The lowest BCUT2D eigenvalue weighted by atomic mass is 13.5. The van der Waals surface area contributed by atoms with Gasteiger partial charge in [0.1, 0.15) is 0 Å². The van der Waals surface area contributed by atoms with Crippen molar-refractivity contribution in [3.63, 3.8) is 0 Å². The Kier molecular flexibility index (Phi) is 12.6. The number of nitrogens with one attached hydrogen (secondary N) is 2. The van der Waals surface area contributed by atoms with Crippen molar-refractivity contribution >= 4 is 10.9 Å². The van der Waals surface area contributed by atoms with Gasteiger partial charge < -0.3 is 5.21 Å². The topological polar surface area (TPSA) is 107 Å². The Morgan fingerprint density at radius 2 is 1.57 bits per heavy atom. The van der Waals surface area contributed by atoms with Crippen LogP contribution in [0.4, 0.5) is 0 Å². The number of rotatable bonds is 1. The number of nitroso groups, excluding NO2 is 1. The molecule has 0 radical (unpaired) electrons. The standard InChI is InChI=1S/H3NO3S.HNO/c2-1-5(3)4;1-2/h2,5H,(H,1,3,4);1H. The van der Waals surface area contributed by atoms with Crippen LogP contribution >= 0.6 is 0 Å². The lowest BCUT2D eigenvalue weighted by Crippen LogP contribution is -2.00. The highest BCUT2D eigenvalue weighted by molar-refractivity contribution is 7.70. The zero-order valence-corrected chi connectivity index (χ0v) is 4.01. The molecule has 0 bridgehead atoms. The normalized spacial score (nSPS) is 7.14. The summed E-state index contributed by atoms with van der Waals surface area (Å²) in [6.07, 6.45) is 0. The largest absolute Gasteiger partial charge is 0.302 e. The van der Waals surface area contributed by atoms with Crippen molar-refractivity contribution in [3.05, 3.63) is 4.91 Å². The second-order valence-corrected chi connectivity index (χ2v) is 1.07. The van der Waals surface area contributed by atoms with E-state index in [1.54, 1.807) is 0 Å². The number of hydrogen-bond acceptors (Lipinski definition) is 5. The zero-order valence-electron chi connectivity index (χ0n) is 3.12. The molecule has 0 rings (SSSR count). The van der Waals surface area contributed by atoms with Crippen LogP contribution in [-0.4, -0.2) is 13.6 Å². The van der Waals surface area contributed by atoms with Gasteiger partial charge in [-0.2, -0.15) is 4.91 Å². The molecule has 3 N–H and O–H groups in total. The molecule has 0 unspecified atom stereocenters. The maximum atomic E-state index is 9.04. The smallest absolute Gasteiger partial charge is 0.223 e. The molecule has 0 saturated carbocycles. The van der Waals surface area contributed by atoms with Gasteiger partial charge in [0.25, 0.3) is 0 Å². The summed E-state index contributed by atoms with van der Waals surface area (Å²) in [6.45, 7) is 0. The summed E-state index contributed by atoms with van der Waals surface area (Å²) in [7, 11) is -2.79. The molecular formula is H4N2O4S. The van der Waals surface area contributed by atoms with Gasteiger partial charge in [0.15, 0.2) is 0 Å². The molecule has 0 aromatic carbocycles. The summed E-state index contributed by atoms with van der Waals surface area (Å²) in [5.41, 5.74) is 4.50. The van der Waals surface area contributed by atoms with E-state index >= 15 is 0 Å². The Morgan fingerprint density at radius 1 is 1.43 bits per heavy atom. The quantitative estimate of drug-likeness (QED) is 0.202. The highest BCUT2D eigenvalue weighted by Crippen LogP contribution is 1.32. The predicted molar refractivity (Wildman–Crippen MR) is 21.3 cm³/mol. The zero-order chi connectivity index (χ0) is 6.28. The monoisotopic (exact) mass is 128 g/mol. The maximum absolute atomic E-state index is 9.04. The van der Waals surface area contributed by atoms with Gasteiger partial charge in [-0.1, -0.05) is 10.5 Å². The van der Waals surface area contributed by atoms with Gasteiger partial charge in [0.05, 0.1) is 0 Å². The number of thiol groups is 1. The molecule has 0 aromatic rings. The van der Waals surface area contributed by atoms with Crippen molar-refractivity contribution in [1.29, 1.82) is 5.59 Å². The average molecular weight is 128 g/mol. The molecule has 0 spiro atoms.